The minimum atomic E-state index is -5.06. The van der Waals surface area contributed by atoms with Crippen molar-refractivity contribution in [2.75, 3.05) is 7.11 Å². The van der Waals surface area contributed by atoms with Crippen LogP contribution in [0.1, 0.15) is 6.42 Å². The molecule has 0 aliphatic heterocycles. The van der Waals surface area contributed by atoms with Crippen molar-refractivity contribution in [2.24, 2.45) is 0 Å². The number of halogens is 3. The van der Waals surface area contributed by atoms with Crippen molar-refractivity contribution in [1.29, 1.82) is 0 Å². The van der Waals surface area contributed by atoms with Crippen LogP contribution in [0.4, 0.5) is 13.2 Å². The van der Waals surface area contributed by atoms with Gasteiger partial charge in [0, 0.05) is 6.42 Å². The summed E-state index contributed by atoms with van der Waals surface area (Å²) in [5.41, 5.74) is -3.48. The number of hydrogen-bond donors (Lipinski definition) is 1. The van der Waals surface area contributed by atoms with E-state index < -0.39 is 24.2 Å². The first-order chi connectivity index (χ1) is 5.79. The third kappa shape index (κ3) is 2.21. The second-order valence-electron chi connectivity index (χ2n) is 2.34. The van der Waals surface area contributed by atoms with Gasteiger partial charge in [0.15, 0.2) is 0 Å². The van der Waals surface area contributed by atoms with Gasteiger partial charge in [-0.1, -0.05) is 6.08 Å². The molecule has 1 atom stereocenters. The SMILES string of the molecule is C=CC[C@@](O)(C(=O)OC)C(F)(F)F. The lowest BCUT2D eigenvalue weighted by atomic mass is 9.99. The first-order valence-corrected chi connectivity index (χ1v) is 3.28. The van der Waals surface area contributed by atoms with E-state index in [1.807, 2.05) is 0 Å². The van der Waals surface area contributed by atoms with Gasteiger partial charge < -0.3 is 9.84 Å². The molecule has 0 radical (unpaired) electrons. The third-order valence-electron chi connectivity index (χ3n) is 1.43. The zero-order chi connectivity index (χ0) is 10.7. The fraction of sp³-hybridized carbons (Fsp3) is 0.571. The highest BCUT2D eigenvalue weighted by molar-refractivity contribution is 5.80. The Labute approximate surface area is 72.8 Å². The van der Waals surface area contributed by atoms with E-state index in [-0.39, 0.29) is 0 Å². The fourth-order valence-corrected chi connectivity index (χ4v) is 0.693. The average Bonchev–Trinajstić information content (AvgIpc) is 2.01. The second-order valence-corrected chi connectivity index (χ2v) is 2.34. The molecule has 0 spiro atoms. The summed E-state index contributed by atoms with van der Waals surface area (Å²) < 4.78 is 40.2. The van der Waals surface area contributed by atoms with Crippen LogP contribution in [0.15, 0.2) is 12.7 Å². The Hall–Kier alpha value is -1.04. The molecule has 76 valence electrons. The topological polar surface area (TPSA) is 46.5 Å². The summed E-state index contributed by atoms with van der Waals surface area (Å²) in [4.78, 5) is 10.6. The van der Waals surface area contributed by atoms with E-state index in [0.717, 1.165) is 13.2 Å². The molecule has 0 bridgehead atoms. The Morgan fingerprint density at radius 3 is 2.31 bits per heavy atom. The first kappa shape index (κ1) is 12.0. The summed E-state index contributed by atoms with van der Waals surface area (Å²) in [6.07, 6.45) is -5.19. The Balaban J connectivity index is 4.94. The van der Waals surface area contributed by atoms with E-state index in [1.165, 1.54) is 0 Å². The van der Waals surface area contributed by atoms with Crippen molar-refractivity contribution in [3.8, 4) is 0 Å². The molecule has 1 N–H and O–H groups in total. The zero-order valence-corrected chi connectivity index (χ0v) is 6.89. The summed E-state index contributed by atoms with van der Waals surface area (Å²) in [6.45, 7) is 3.01. The number of methoxy groups -OCH3 is 1. The van der Waals surface area contributed by atoms with Gasteiger partial charge in [-0.3, -0.25) is 0 Å². The molecule has 0 unspecified atom stereocenters. The van der Waals surface area contributed by atoms with Gasteiger partial charge >= 0.3 is 12.1 Å². The van der Waals surface area contributed by atoms with Gasteiger partial charge in [0.1, 0.15) is 0 Å². The number of hydrogen-bond acceptors (Lipinski definition) is 3. The molecule has 0 aromatic heterocycles. The van der Waals surface area contributed by atoms with Crippen LogP contribution in [0.25, 0.3) is 0 Å². The lowest BCUT2D eigenvalue weighted by Gasteiger charge is -2.26. The van der Waals surface area contributed by atoms with Gasteiger partial charge in [0.2, 0.25) is 0 Å². The molecular formula is C7H9F3O3. The molecule has 0 aromatic carbocycles. The second kappa shape index (κ2) is 3.78. The summed E-state index contributed by atoms with van der Waals surface area (Å²) in [7, 11) is 0.766. The lowest BCUT2D eigenvalue weighted by Crippen LogP contribution is -2.52. The van der Waals surface area contributed by atoms with Crippen LogP contribution in [0.2, 0.25) is 0 Å². The van der Waals surface area contributed by atoms with Crippen molar-refractivity contribution in [2.45, 2.75) is 18.2 Å². The molecule has 0 fully saturated rings. The number of rotatable bonds is 3. The van der Waals surface area contributed by atoms with Crippen LogP contribution in [0.5, 0.6) is 0 Å². The maximum absolute atomic E-state index is 12.1. The Morgan fingerprint density at radius 2 is 2.08 bits per heavy atom. The van der Waals surface area contributed by atoms with E-state index in [9.17, 15) is 18.0 Å². The minimum absolute atomic E-state index is 0.766. The summed E-state index contributed by atoms with van der Waals surface area (Å²) in [6, 6.07) is 0. The number of carbonyl (C=O) groups is 1. The number of carbonyl (C=O) groups excluding carboxylic acids is 1. The molecule has 0 amide bonds. The molecular weight excluding hydrogens is 189 g/mol. The fourth-order valence-electron chi connectivity index (χ4n) is 0.693. The van der Waals surface area contributed by atoms with Crippen molar-refractivity contribution in [3.05, 3.63) is 12.7 Å². The van der Waals surface area contributed by atoms with E-state index in [4.69, 9.17) is 5.11 Å². The van der Waals surface area contributed by atoms with Gasteiger partial charge in [-0.15, -0.1) is 6.58 Å². The van der Waals surface area contributed by atoms with Crippen molar-refractivity contribution in [3.63, 3.8) is 0 Å². The lowest BCUT2D eigenvalue weighted by molar-refractivity contribution is -0.260. The number of esters is 1. The highest BCUT2D eigenvalue weighted by Crippen LogP contribution is 2.34. The Morgan fingerprint density at radius 1 is 1.62 bits per heavy atom. The van der Waals surface area contributed by atoms with Crippen LogP contribution in [0, 0.1) is 0 Å². The highest BCUT2D eigenvalue weighted by Gasteiger charge is 2.59. The standard InChI is InChI=1S/C7H9F3O3/c1-3-4-6(12,5(11)13-2)7(8,9)10/h3,12H,1,4H2,2H3/t6-/m1/s1. The summed E-state index contributed by atoms with van der Waals surface area (Å²) in [5, 5.41) is 8.95. The third-order valence-corrected chi connectivity index (χ3v) is 1.43. The molecule has 6 heteroatoms. The van der Waals surface area contributed by atoms with Crippen molar-refractivity contribution < 1.29 is 27.8 Å². The zero-order valence-electron chi connectivity index (χ0n) is 6.89. The summed E-state index contributed by atoms with van der Waals surface area (Å²) in [5.74, 6) is -1.74. The average molecular weight is 198 g/mol. The van der Waals surface area contributed by atoms with Gasteiger partial charge in [0.05, 0.1) is 7.11 Å². The molecule has 0 aliphatic rings. The van der Waals surface area contributed by atoms with E-state index in [0.29, 0.717) is 0 Å². The Bertz CT molecular complexity index is 212. The number of aliphatic hydroxyl groups is 1. The Kier molecular flexibility index (Phi) is 3.48. The quantitative estimate of drug-likeness (QED) is 0.544. The van der Waals surface area contributed by atoms with Crippen LogP contribution >= 0.6 is 0 Å². The predicted molar refractivity (Wildman–Crippen MR) is 37.8 cm³/mol. The predicted octanol–water partition coefficient (Wildman–Crippen LogP) is 1.03. The van der Waals surface area contributed by atoms with Crippen molar-refractivity contribution >= 4 is 5.97 Å². The van der Waals surface area contributed by atoms with Gasteiger partial charge in [-0.25, -0.2) is 4.79 Å². The van der Waals surface area contributed by atoms with Gasteiger partial charge in [-0.2, -0.15) is 13.2 Å². The molecule has 0 aromatic rings. The van der Waals surface area contributed by atoms with E-state index in [1.54, 1.807) is 0 Å². The van der Waals surface area contributed by atoms with Crippen molar-refractivity contribution in [1.82, 2.24) is 0 Å². The maximum Gasteiger partial charge on any atom is 0.428 e. The summed E-state index contributed by atoms with van der Waals surface area (Å²) >= 11 is 0. The van der Waals surface area contributed by atoms with Crippen LogP contribution in [-0.4, -0.2) is 30.0 Å². The largest absolute Gasteiger partial charge is 0.467 e. The van der Waals surface area contributed by atoms with Crippen LogP contribution < -0.4 is 0 Å². The van der Waals surface area contributed by atoms with E-state index >= 15 is 0 Å². The molecule has 3 nitrogen and oxygen atoms in total. The smallest absolute Gasteiger partial charge is 0.428 e. The van der Waals surface area contributed by atoms with E-state index in [2.05, 4.69) is 11.3 Å². The molecule has 0 aliphatic carbocycles. The van der Waals surface area contributed by atoms with Crippen LogP contribution in [-0.2, 0) is 9.53 Å². The number of ether oxygens (including phenoxy) is 1. The molecule has 13 heavy (non-hydrogen) atoms. The minimum Gasteiger partial charge on any atom is -0.467 e. The monoisotopic (exact) mass is 198 g/mol. The molecule has 0 saturated carbocycles. The molecule has 0 rings (SSSR count). The maximum atomic E-state index is 12.1. The normalized spacial score (nSPS) is 16.1. The molecule has 0 heterocycles. The van der Waals surface area contributed by atoms with Gasteiger partial charge in [-0.05, 0) is 0 Å². The van der Waals surface area contributed by atoms with Gasteiger partial charge in [0.25, 0.3) is 5.60 Å². The van der Waals surface area contributed by atoms with Crippen LogP contribution in [0.3, 0.4) is 0 Å². The first-order valence-electron chi connectivity index (χ1n) is 3.28. The number of alkyl halides is 3. The molecule has 0 saturated heterocycles. The highest BCUT2D eigenvalue weighted by atomic mass is 19.4.